The highest BCUT2D eigenvalue weighted by Gasteiger charge is 2.27. The fraction of sp³-hybridized carbons (Fsp3) is 0.579. The summed E-state index contributed by atoms with van der Waals surface area (Å²) >= 11 is 0. The van der Waals surface area contributed by atoms with Gasteiger partial charge in [0.25, 0.3) is 0 Å². The lowest BCUT2D eigenvalue weighted by molar-refractivity contribution is -0.143. The number of nitrogens with zero attached hydrogens (tertiary/aromatic N) is 2. The third kappa shape index (κ3) is 6.05. The van der Waals surface area contributed by atoms with E-state index in [9.17, 15) is 9.59 Å². The van der Waals surface area contributed by atoms with Gasteiger partial charge in [0.15, 0.2) is 0 Å². The van der Waals surface area contributed by atoms with E-state index in [0.29, 0.717) is 25.4 Å². The first-order valence-corrected chi connectivity index (χ1v) is 8.89. The lowest BCUT2D eigenvalue weighted by atomic mass is 10.0. The van der Waals surface area contributed by atoms with E-state index >= 15 is 0 Å². The van der Waals surface area contributed by atoms with E-state index in [2.05, 4.69) is 22.3 Å². The van der Waals surface area contributed by atoms with Crippen molar-refractivity contribution < 1.29 is 14.3 Å². The molecule has 1 saturated heterocycles. The minimum absolute atomic E-state index is 0.185. The zero-order chi connectivity index (χ0) is 18.2. The topological polar surface area (TPSA) is 61.9 Å². The Bertz CT molecular complexity index is 554. The molecular formula is C19H29N3O3. The highest BCUT2D eigenvalue weighted by atomic mass is 16.5. The monoisotopic (exact) mass is 347 g/mol. The minimum atomic E-state index is -0.583. The van der Waals surface area contributed by atoms with Crippen molar-refractivity contribution in [3.63, 3.8) is 0 Å². The molecule has 0 radical (unpaired) electrons. The van der Waals surface area contributed by atoms with Crippen molar-refractivity contribution >= 4 is 12.0 Å². The molecule has 2 rings (SSSR count). The molecule has 1 fully saturated rings. The van der Waals surface area contributed by atoms with Gasteiger partial charge < -0.3 is 15.0 Å². The number of ether oxygens (including phenoxy) is 1. The van der Waals surface area contributed by atoms with E-state index < -0.39 is 6.04 Å². The van der Waals surface area contributed by atoms with Crippen LogP contribution in [0.1, 0.15) is 25.8 Å². The number of hydrogen-bond acceptors (Lipinski definition) is 4. The second-order valence-corrected chi connectivity index (χ2v) is 6.90. The van der Waals surface area contributed by atoms with Crippen LogP contribution < -0.4 is 5.32 Å². The molecule has 2 amide bonds. The first-order valence-electron chi connectivity index (χ1n) is 8.89. The zero-order valence-electron chi connectivity index (χ0n) is 15.4. The maximum Gasteiger partial charge on any atom is 0.328 e. The van der Waals surface area contributed by atoms with Crippen LogP contribution in [0.4, 0.5) is 4.79 Å². The molecule has 0 saturated carbocycles. The second-order valence-electron chi connectivity index (χ2n) is 6.90. The molecule has 0 bridgehead atoms. The maximum absolute atomic E-state index is 12.5. The Morgan fingerprint density at radius 1 is 1.12 bits per heavy atom. The number of esters is 1. The molecule has 1 N–H and O–H groups in total. The molecule has 25 heavy (non-hydrogen) atoms. The van der Waals surface area contributed by atoms with Crippen LogP contribution >= 0.6 is 0 Å². The van der Waals surface area contributed by atoms with E-state index in [1.807, 2.05) is 32.0 Å². The van der Waals surface area contributed by atoms with Crippen LogP contribution in [0.15, 0.2) is 30.3 Å². The van der Waals surface area contributed by atoms with Gasteiger partial charge in [0.1, 0.15) is 6.04 Å². The van der Waals surface area contributed by atoms with Gasteiger partial charge in [-0.3, -0.25) is 4.90 Å². The molecule has 1 heterocycles. The zero-order valence-corrected chi connectivity index (χ0v) is 15.4. The van der Waals surface area contributed by atoms with Gasteiger partial charge in [-0.2, -0.15) is 0 Å². The van der Waals surface area contributed by atoms with Crippen molar-refractivity contribution in [1.29, 1.82) is 0 Å². The Morgan fingerprint density at radius 2 is 1.76 bits per heavy atom. The summed E-state index contributed by atoms with van der Waals surface area (Å²) in [5.41, 5.74) is 1.28. The van der Waals surface area contributed by atoms with Crippen molar-refractivity contribution in [2.24, 2.45) is 5.92 Å². The van der Waals surface area contributed by atoms with Gasteiger partial charge >= 0.3 is 12.0 Å². The molecule has 1 aliphatic heterocycles. The van der Waals surface area contributed by atoms with Gasteiger partial charge in [-0.1, -0.05) is 44.2 Å². The molecular weight excluding hydrogens is 318 g/mol. The Balaban J connectivity index is 1.82. The molecule has 0 spiro atoms. The van der Waals surface area contributed by atoms with Gasteiger partial charge in [-0.05, 0) is 17.9 Å². The molecule has 6 nitrogen and oxygen atoms in total. The summed E-state index contributed by atoms with van der Waals surface area (Å²) in [4.78, 5) is 28.4. The average molecular weight is 347 g/mol. The fourth-order valence-electron chi connectivity index (χ4n) is 3.02. The lowest BCUT2D eigenvalue weighted by Crippen LogP contribution is -2.54. The number of hydrogen-bond donors (Lipinski definition) is 1. The van der Waals surface area contributed by atoms with Gasteiger partial charge in [-0.15, -0.1) is 0 Å². The molecule has 6 heteroatoms. The van der Waals surface area contributed by atoms with Crippen molar-refractivity contribution in [2.45, 2.75) is 32.9 Å². The number of piperazine rings is 1. The van der Waals surface area contributed by atoms with Crippen molar-refractivity contribution in [3.8, 4) is 0 Å². The van der Waals surface area contributed by atoms with Crippen molar-refractivity contribution in [2.75, 3.05) is 33.3 Å². The van der Waals surface area contributed by atoms with Gasteiger partial charge in [0.2, 0.25) is 0 Å². The second kappa shape index (κ2) is 9.42. The van der Waals surface area contributed by atoms with Crippen LogP contribution in [0.5, 0.6) is 0 Å². The van der Waals surface area contributed by atoms with Crippen LogP contribution in [0, 0.1) is 5.92 Å². The van der Waals surface area contributed by atoms with Gasteiger partial charge in [0, 0.05) is 32.7 Å². The molecule has 1 atom stereocenters. The molecule has 1 aromatic rings. The number of rotatable bonds is 6. The molecule has 1 aromatic carbocycles. The van der Waals surface area contributed by atoms with E-state index in [4.69, 9.17) is 4.74 Å². The first kappa shape index (κ1) is 19.2. The Kier molecular flexibility index (Phi) is 7.25. The normalized spacial score (nSPS) is 16.6. The van der Waals surface area contributed by atoms with Gasteiger partial charge in [0.05, 0.1) is 7.11 Å². The predicted octanol–water partition coefficient (Wildman–Crippen LogP) is 2.10. The van der Waals surface area contributed by atoms with E-state index in [-0.39, 0.29) is 12.0 Å². The quantitative estimate of drug-likeness (QED) is 0.801. The summed E-state index contributed by atoms with van der Waals surface area (Å²) in [6.45, 7) is 7.91. The standard InChI is InChI=1S/C19H29N3O3/c1-15(2)13-17(18(23)25-3)20-19(24)22-11-9-21(10-12-22)14-16-7-5-4-6-8-16/h4-8,15,17H,9-14H2,1-3H3,(H,20,24)/t17-/m0/s1. The number of urea groups is 1. The summed E-state index contributed by atoms with van der Waals surface area (Å²) in [7, 11) is 1.35. The SMILES string of the molecule is COC(=O)[C@H](CC(C)C)NC(=O)N1CCN(Cc2ccccc2)CC1. The van der Waals surface area contributed by atoms with Crippen LogP contribution in [0.25, 0.3) is 0 Å². The van der Waals surface area contributed by atoms with Crippen LogP contribution in [0.3, 0.4) is 0 Å². The smallest absolute Gasteiger partial charge is 0.328 e. The summed E-state index contributed by atoms with van der Waals surface area (Å²) in [5, 5.41) is 2.83. The largest absolute Gasteiger partial charge is 0.467 e. The molecule has 0 unspecified atom stereocenters. The summed E-state index contributed by atoms with van der Waals surface area (Å²) in [6, 6.07) is 9.57. The fourth-order valence-corrected chi connectivity index (χ4v) is 3.02. The Hall–Kier alpha value is -2.08. The summed E-state index contributed by atoms with van der Waals surface area (Å²) in [6.07, 6.45) is 0.576. The van der Waals surface area contributed by atoms with Crippen LogP contribution in [-0.2, 0) is 16.1 Å². The minimum Gasteiger partial charge on any atom is -0.467 e. The number of carbonyl (C=O) groups excluding carboxylic acids is 2. The van der Waals surface area contributed by atoms with E-state index in [0.717, 1.165) is 19.6 Å². The Labute approximate surface area is 150 Å². The molecule has 138 valence electrons. The predicted molar refractivity (Wildman–Crippen MR) is 97.1 cm³/mol. The number of methoxy groups -OCH3 is 1. The molecule has 0 aromatic heterocycles. The number of nitrogens with one attached hydrogen (secondary N) is 1. The Morgan fingerprint density at radius 3 is 2.32 bits per heavy atom. The number of benzene rings is 1. The third-order valence-corrected chi connectivity index (χ3v) is 4.40. The maximum atomic E-state index is 12.5. The number of amides is 2. The summed E-state index contributed by atoms with van der Waals surface area (Å²) < 4.78 is 4.80. The van der Waals surface area contributed by atoms with Crippen LogP contribution in [0.2, 0.25) is 0 Å². The molecule has 1 aliphatic rings. The lowest BCUT2D eigenvalue weighted by Gasteiger charge is -2.35. The average Bonchev–Trinajstić information content (AvgIpc) is 2.61. The van der Waals surface area contributed by atoms with E-state index in [1.54, 1.807) is 4.90 Å². The van der Waals surface area contributed by atoms with E-state index in [1.165, 1.54) is 12.7 Å². The number of carbonyl (C=O) groups is 2. The van der Waals surface area contributed by atoms with Gasteiger partial charge in [-0.25, -0.2) is 9.59 Å². The van der Waals surface area contributed by atoms with Crippen molar-refractivity contribution in [1.82, 2.24) is 15.1 Å². The first-order chi connectivity index (χ1) is 12.0. The highest BCUT2D eigenvalue weighted by molar-refractivity contribution is 5.83. The molecule has 0 aliphatic carbocycles. The third-order valence-electron chi connectivity index (χ3n) is 4.40. The van der Waals surface area contributed by atoms with Crippen molar-refractivity contribution in [3.05, 3.63) is 35.9 Å². The highest BCUT2D eigenvalue weighted by Crippen LogP contribution is 2.10. The summed E-state index contributed by atoms with van der Waals surface area (Å²) in [5.74, 6) is -0.0862. The van der Waals surface area contributed by atoms with Crippen LogP contribution in [-0.4, -0.2) is 61.1 Å².